The highest BCUT2D eigenvalue weighted by molar-refractivity contribution is 7.89. The van der Waals surface area contributed by atoms with Crippen molar-refractivity contribution >= 4 is 21.8 Å². The number of imide groups is 1. The molecular weight excluding hydrogens is 388 g/mol. The predicted molar refractivity (Wildman–Crippen MR) is 112 cm³/mol. The van der Waals surface area contributed by atoms with Crippen molar-refractivity contribution < 1.29 is 18.0 Å². The Labute approximate surface area is 174 Å². The number of rotatable bonds is 8. The van der Waals surface area contributed by atoms with Crippen molar-refractivity contribution in [2.45, 2.75) is 70.7 Å². The first-order valence-corrected chi connectivity index (χ1v) is 12.2. The molecule has 2 amide bonds. The molecule has 1 aromatic rings. The van der Waals surface area contributed by atoms with E-state index in [1.54, 1.807) is 19.1 Å². The van der Waals surface area contributed by atoms with E-state index < -0.39 is 10.0 Å². The van der Waals surface area contributed by atoms with Crippen LogP contribution in [0, 0.1) is 18.8 Å². The topological polar surface area (TPSA) is 74.8 Å². The fourth-order valence-electron chi connectivity index (χ4n) is 4.58. The molecule has 0 unspecified atom stereocenters. The number of sulfonamides is 1. The van der Waals surface area contributed by atoms with Gasteiger partial charge in [-0.3, -0.25) is 14.5 Å². The number of carbonyl (C=O) groups is 2. The molecule has 1 aromatic carbocycles. The highest BCUT2D eigenvalue weighted by atomic mass is 32.2. The average Bonchev–Trinajstić information content (AvgIpc) is 2.94. The summed E-state index contributed by atoms with van der Waals surface area (Å²) in [6, 6.07) is 5.24. The van der Waals surface area contributed by atoms with Crippen LogP contribution in [0.2, 0.25) is 0 Å². The van der Waals surface area contributed by atoms with E-state index in [2.05, 4.69) is 0 Å². The van der Waals surface area contributed by atoms with Crippen LogP contribution < -0.4 is 0 Å². The van der Waals surface area contributed by atoms with E-state index in [4.69, 9.17) is 0 Å². The zero-order valence-corrected chi connectivity index (χ0v) is 18.5. The van der Waals surface area contributed by atoms with Gasteiger partial charge in [0.2, 0.25) is 21.8 Å². The van der Waals surface area contributed by atoms with Crippen LogP contribution >= 0.6 is 0 Å². The maximum atomic E-state index is 13.2. The lowest BCUT2D eigenvalue weighted by Gasteiger charge is -2.23. The van der Waals surface area contributed by atoms with Crippen LogP contribution in [0.5, 0.6) is 0 Å². The second-order valence-corrected chi connectivity index (χ2v) is 10.2. The molecule has 2 aliphatic rings. The number of carbonyl (C=O) groups excluding carboxylic acids is 2. The summed E-state index contributed by atoms with van der Waals surface area (Å²) in [5, 5.41) is 0. The molecule has 29 heavy (non-hydrogen) atoms. The molecule has 1 heterocycles. The maximum Gasteiger partial charge on any atom is 0.243 e. The van der Waals surface area contributed by atoms with Gasteiger partial charge in [0.05, 0.1) is 23.3 Å². The number of aryl methyl sites for hydroxylation is 1. The van der Waals surface area contributed by atoms with Gasteiger partial charge >= 0.3 is 0 Å². The van der Waals surface area contributed by atoms with E-state index in [1.807, 2.05) is 19.9 Å². The molecule has 0 aromatic heterocycles. The number of amides is 2. The number of benzene rings is 1. The molecule has 3 rings (SSSR count). The molecule has 0 radical (unpaired) electrons. The first-order chi connectivity index (χ1) is 13.8. The van der Waals surface area contributed by atoms with Crippen LogP contribution in [0.4, 0.5) is 0 Å². The van der Waals surface area contributed by atoms with Crippen LogP contribution in [0.25, 0.3) is 0 Å². The van der Waals surface area contributed by atoms with Crippen LogP contribution in [0.1, 0.15) is 63.5 Å². The Hall–Kier alpha value is -1.73. The molecule has 1 aliphatic carbocycles. The second kappa shape index (κ2) is 8.96. The van der Waals surface area contributed by atoms with Crippen molar-refractivity contribution in [3.8, 4) is 0 Å². The van der Waals surface area contributed by atoms with E-state index in [0.717, 1.165) is 38.5 Å². The lowest BCUT2D eigenvalue weighted by Crippen LogP contribution is -2.33. The third-order valence-corrected chi connectivity index (χ3v) is 8.13. The summed E-state index contributed by atoms with van der Waals surface area (Å²) in [5.41, 5.74) is 1.36. The van der Waals surface area contributed by atoms with Crippen molar-refractivity contribution in [2.75, 3.05) is 13.1 Å². The minimum atomic E-state index is -3.62. The zero-order valence-electron chi connectivity index (χ0n) is 17.7. The monoisotopic (exact) mass is 420 g/mol. The Morgan fingerprint density at radius 2 is 1.55 bits per heavy atom. The minimum Gasteiger partial charge on any atom is -0.278 e. The molecule has 1 saturated heterocycles. The minimum absolute atomic E-state index is 0.0942. The molecule has 0 spiro atoms. The summed E-state index contributed by atoms with van der Waals surface area (Å²) < 4.78 is 28.0. The van der Waals surface area contributed by atoms with Gasteiger partial charge in [-0.25, -0.2) is 8.42 Å². The maximum absolute atomic E-state index is 13.2. The van der Waals surface area contributed by atoms with E-state index in [-0.39, 0.29) is 35.1 Å². The van der Waals surface area contributed by atoms with Gasteiger partial charge in [0.1, 0.15) is 0 Å². The summed E-state index contributed by atoms with van der Waals surface area (Å²) in [6.45, 7) is 6.82. The van der Waals surface area contributed by atoms with E-state index in [1.165, 1.54) is 9.21 Å². The van der Waals surface area contributed by atoms with Gasteiger partial charge in [-0.05, 0) is 49.8 Å². The van der Waals surface area contributed by atoms with Crippen LogP contribution in [0.3, 0.4) is 0 Å². The lowest BCUT2D eigenvalue weighted by molar-refractivity contribution is -0.140. The van der Waals surface area contributed by atoms with Gasteiger partial charge in [0, 0.05) is 13.1 Å². The van der Waals surface area contributed by atoms with Gasteiger partial charge in [0.25, 0.3) is 0 Å². The van der Waals surface area contributed by atoms with Crippen LogP contribution in [-0.2, 0) is 26.2 Å². The molecule has 2 atom stereocenters. The highest BCUT2D eigenvalue weighted by Crippen LogP contribution is 2.38. The smallest absolute Gasteiger partial charge is 0.243 e. The van der Waals surface area contributed by atoms with E-state index in [9.17, 15) is 18.0 Å². The van der Waals surface area contributed by atoms with Gasteiger partial charge < -0.3 is 0 Å². The summed E-state index contributed by atoms with van der Waals surface area (Å²) in [4.78, 5) is 27.1. The lowest BCUT2D eigenvalue weighted by atomic mass is 9.81. The van der Waals surface area contributed by atoms with Crippen molar-refractivity contribution in [1.82, 2.24) is 9.21 Å². The van der Waals surface area contributed by atoms with Crippen molar-refractivity contribution in [3.63, 3.8) is 0 Å². The second-order valence-electron chi connectivity index (χ2n) is 8.26. The first kappa shape index (κ1) is 22.0. The van der Waals surface area contributed by atoms with Gasteiger partial charge in [-0.2, -0.15) is 4.31 Å². The van der Waals surface area contributed by atoms with E-state index in [0.29, 0.717) is 24.2 Å². The number of likely N-dealkylation sites (tertiary alicyclic amines) is 1. The third-order valence-electron chi connectivity index (χ3n) is 6.09. The number of hydrogen-bond donors (Lipinski definition) is 0. The Balaban J connectivity index is 1.87. The molecule has 1 aliphatic heterocycles. The number of nitrogens with zero attached hydrogens (tertiary/aromatic N) is 2. The molecule has 0 N–H and O–H groups in total. The summed E-state index contributed by atoms with van der Waals surface area (Å²) in [6.07, 6.45) is 5.04. The van der Waals surface area contributed by atoms with E-state index >= 15 is 0 Å². The standard InChI is InChI=1S/C22H32N2O4S/c1-4-12-23(13-5-2)29(27,28)20-14-17(11-10-16(20)3)15-24-21(25)18-8-6-7-9-19(18)22(24)26/h10-11,14,18-19H,4-9,12-13,15H2,1-3H3/t18-,19+. The molecule has 7 heteroatoms. The zero-order chi connectivity index (χ0) is 21.2. The highest BCUT2D eigenvalue weighted by Gasteiger charge is 2.47. The van der Waals surface area contributed by atoms with Crippen molar-refractivity contribution in [1.29, 1.82) is 0 Å². The van der Waals surface area contributed by atoms with Gasteiger partial charge in [-0.15, -0.1) is 0 Å². The van der Waals surface area contributed by atoms with Gasteiger partial charge in [-0.1, -0.05) is 38.8 Å². The Morgan fingerprint density at radius 1 is 1.00 bits per heavy atom. The Morgan fingerprint density at radius 3 is 2.07 bits per heavy atom. The predicted octanol–water partition coefficient (Wildman–Crippen LogP) is 3.48. The van der Waals surface area contributed by atoms with Crippen LogP contribution in [0.15, 0.2) is 23.1 Å². The summed E-state index contributed by atoms with van der Waals surface area (Å²) in [5.74, 6) is -0.560. The van der Waals surface area contributed by atoms with Crippen LogP contribution in [-0.4, -0.2) is 42.5 Å². The Bertz CT molecular complexity index is 851. The molecule has 1 saturated carbocycles. The Kier molecular flexibility index (Phi) is 6.79. The van der Waals surface area contributed by atoms with Gasteiger partial charge in [0.15, 0.2) is 0 Å². The fraction of sp³-hybridized carbons (Fsp3) is 0.636. The molecule has 0 bridgehead atoms. The summed E-state index contributed by atoms with van der Waals surface area (Å²) >= 11 is 0. The SMILES string of the molecule is CCCN(CCC)S(=O)(=O)c1cc(CN2C(=O)[C@H]3CCCC[C@H]3C2=O)ccc1C. The molecule has 160 valence electrons. The average molecular weight is 421 g/mol. The van der Waals surface area contributed by atoms with Crippen molar-refractivity contribution in [2.24, 2.45) is 11.8 Å². The third kappa shape index (κ3) is 4.26. The largest absolute Gasteiger partial charge is 0.278 e. The molecule has 6 nitrogen and oxygen atoms in total. The summed E-state index contributed by atoms with van der Waals surface area (Å²) in [7, 11) is -3.62. The first-order valence-electron chi connectivity index (χ1n) is 10.8. The quantitative estimate of drug-likeness (QED) is 0.604. The number of hydrogen-bond acceptors (Lipinski definition) is 4. The molecular formula is C22H32N2O4S. The number of fused-ring (bicyclic) bond motifs is 1. The fourth-order valence-corrected chi connectivity index (χ4v) is 6.48. The molecule has 2 fully saturated rings. The normalized spacial score (nSPS) is 22.4. The van der Waals surface area contributed by atoms with Crippen molar-refractivity contribution in [3.05, 3.63) is 29.3 Å².